The Labute approximate surface area is 110 Å². The molecule has 0 radical (unpaired) electrons. The molecule has 0 aromatic rings. The van der Waals surface area contributed by atoms with Gasteiger partial charge in [-0.3, -0.25) is 9.59 Å². The largest absolute Gasteiger partial charge is 0.409 e. The molecule has 2 fully saturated rings. The maximum absolute atomic E-state index is 12.6. The van der Waals surface area contributed by atoms with Gasteiger partial charge < -0.3 is 26.3 Å². The Balaban J connectivity index is 2.24. The van der Waals surface area contributed by atoms with E-state index >= 15 is 0 Å². The Morgan fingerprint density at radius 3 is 2.53 bits per heavy atom. The number of ether oxygens (including phenoxy) is 1. The normalized spacial score (nSPS) is 26.6. The van der Waals surface area contributed by atoms with E-state index in [1.807, 2.05) is 0 Å². The summed E-state index contributed by atoms with van der Waals surface area (Å²) in [5.74, 6) is -1.01. The monoisotopic (exact) mass is 270 g/mol. The first-order valence-electron chi connectivity index (χ1n) is 6.19. The average molecular weight is 270 g/mol. The van der Waals surface area contributed by atoms with Crippen molar-refractivity contribution in [1.29, 1.82) is 0 Å². The number of amidine groups is 1. The van der Waals surface area contributed by atoms with Gasteiger partial charge >= 0.3 is 0 Å². The Kier molecular flexibility index (Phi) is 3.61. The van der Waals surface area contributed by atoms with Gasteiger partial charge in [-0.1, -0.05) is 11.6 Å². The Morgan fingerprint density at radius 1 is 1.37 bits per heavy atom. The van der Waals surface area contributed by atoms with Crippen molar-refractivity contribution in [1.82, 2.24) is 4.90 Å². The standard InChI is InChI=1S/C11H18N4O4/c12-8(16)7-6-19-5-4-15(7)10(17)11(2-1-3-11)9(13)14-18/h7,18H,1-6H2,(H2,12,16)(H2,13,14). The van der Waals surface area contributed by atoms with Crippen LogP contribution in [0, 0.1) is 5.41 Å². The summed E-state index contributed by atoms with van der Waals surface area (Å²) < 4.78 is 5.17. The van der Waals surface area contributed by atoms with Crippen LogP contribution in [-0.2, 0) is 14.3 Å². The average Bonchev–Trinajstić information content (AvgIpc) is 2.36. The van der Waals surface area contributed by atoms with Crippen LogP contribution >= 0.6 is 0 Å². The summed E-state index contributed by atoms with van der Waals surface area (Å²) in [5, 5.41) is 11.8. The van der Waals surface area contributed by atoms with Crippen LogP contribution in [0.5, 0.6) is 0 Å². The Morgan fingerprint density at radius 2 is 2.05 bits per heavy atom. The van der Waals surface area contributed by atoms with Crippen LogP contribution < -0.4 is 11.5 Å². The molecule has 2 aliphatic rings. The first kappa shape index (κ1) is 13.6. The molecule has 1 atom stereocenters. The fourth-order valence-electron chi connectivity index (χ4n) is 2.56. The molecule has 1 saturated heterocycles. The smallest absolute Gasteiger partial charge is 0.242 e. The molecule has 0 bridgehead atoms. The second-order valence-electron chi connectivity index (χ2n) is 4.91. The minimum absolute atomic E-state index is 0.0906. The Hall–Kier alpha value is -1.83. The van der Waals surface area contributed by atoms with Gasteiger partial charge in [0.15, 0.2) is 5.84 Å². The van der Waals surface area contributed by atoms with E-state index in [1.165, 1.54) is 4.90 Å². The van der Waals surface area contributed by atoms with Gasteiger partial charge in [0, 0.05) is 6.54 Å². The highest BCUT2D eigenvalue weighted by atomic mass is 16.5. The lowest BCUT2D eigenvalue weighted by atomic mass is 9.66. The van der Waals surface area contributed by atoms with E-state index in [1.54, 1.807) is 0 Å². The zero-order valence-electron chi connectivity index (χ0n) is 10.5. The fraction of sp³-hybridized carbons (Fsp3) is 0.727. The summed E-state index contributed by atoms with van der Waals surface area (Å²) in [6, 6.07) is -0.787. The molecule has 2 amide bonds. The molecule has 0 aromatic heterocycles. The number of carbonyl (C=O) groups is 2. The number of oxime groups is 1. The van der Waals surface area contributed by atoms with E-state index in [9.17, 15) is 9.59 Å². The van der Waals surface area contributed by atoms with Gasteiger partial charge in [0.25, 0.3) is 0 Å². The van der Waals surface area contributed by atoms with Crippen molar-refractivity contribution in [2.24, 2.45) is 22.0 Å². The van der Waals surface area contributed by atoms with Gasteiger partial charge in [-0.15, -0.1) is 0 Å². The summed E-state index contributed by atoms with van der Waals surface area (Å²) in [6.45, 7) is 0.724. The fourth-order valence-corrected chi connectivity index (χ4v) is 2.56. The lowest BCUT2D eigenvalue weighted by Gasteiger charge is -2.45. The topological polar surface area (TPSA) is 131 Å². The minimum Gasteiger partial charge on any atom is -0.409 e. The number of rotatable bonds is 3. The van der Waals surface area contributed by atoms with Crippen molar-refractivity contribution in [3.63, 3.8) is 0 Å². The molecule has 8 heteroatoms. The number of amides is 2. The molecule has 2 rings (SSSR count). The molecular weight excluding hydrogens is 252 g/mol. The summed E-state index contributed by atoms with van der Waals surface area (Å²) >= 11 is 0. The van der Waals surface area contributed by atoms with Crippen LogP contribution in [0.3, 0.4) is 0 Å². The number of primary amides is 1. The van der Waals surface area contributed by atoms with Crippen LogP contribution in [-0.4, -0.2) is 53.6 Å². The zero-order chi connectivity index (χ0) is 14.0. The lowest BCUT2D eigenvalue weighted by Crippen LogP contribution is -2.62. The number of nitrogens with two attached hydrogens (primary N) is 2. The predicted octanol–water partition coefficient (Wildman–Crippen LogP) is -1.38. The van der Waals surface area contributed by atoms with Crippen molar-refractivity contribution in [2.75, 3.05) is 19.8 Å². The quantitative estimate of drug-likeness (QED) is 0.251. The SMILES string of the molecule is NC(=O)C1COCCN1C(=O)C1(C(N)=NO)CCC1. The van der Waals surface area contributed by atoms with Crippen molar-refractivity contribution in [3.8, 4) is 0 Å². The first-order valence-corrected chi connectivity index (χ1v) is 6.19. The highest BCUT2D eigenvalue weighted by molar-refractivity contribution is 6.08. The maximum Gasteiger partial charge on any atom is 0.242 e. The molecule has 1 saturated carbocycles. The van der Waals surface area contributed by atoms with Gasteiger partial charge in [0.2, 0.25) is 11.8 Å². The van der Waals surface area contributed by atoms with E-state index < -0.39 is 17.4 Å². The number of hydrogen-bond donors (Lipinski definition) is 3. The minimum atomic E-state index is -0.986. The van der Waals surface area contributed by atoms with Gasteiger partial charge in [-0.2, -0.15) is 0 Å². The van der Waals surface area contributed by atoms with Crippen molar-refractivity contribution < 1.29 is 19.5 Å². The molecule has 5 N–H and O–H groups in total. The molecule has 1 heterocycles. The van der Waals surface area contributed by atoms with Crippen LogP contribution in [0.15, 0.2) is 5.16 Å². The van der Waals surface area contributed by atoms with Crippen molar-refractivity contribution in [3.05, 3.63) is 0 Å². The second kappa shape index (κ2) is 5.04. The van der Waals surface area contributed by atoms with Gasteiger partial charge in [-0.25, -0.2) is 0 Å². The van der Waals surface area contributed by atoms with E-state index in [0.29, 0.717) is 19.4 Å². The van der Waals surface area contributed by atoms with Crippen molar-refractivity contribution >= 4 is 17.6 Å². The first-order chi connectivity index (χ1) is 9.03. The maximum atomic E-state index is 12.6. The summed E-state index contributed by atoms with van der Waals surface area (Å²) in [5.41, 5.74) is 9.94. The number of morpholine rings is 1. The second-order valence-corrected chi connectivity index (χ2v) is 4.91. The molecule has 0 spiro atoms. The highest BCUT2D eigenvalue weighted by Crippen LogP contribution is 2.43. The van der Waals surface area contributed by atoms with Crippen LogP contribution in [0.2, 0.25) is 0 Å². The number of carbonyl (C=O) groups excluding carboxylic acids is 2. The highest BCUT2D eigenvalue weighted by Gasteiger charge is 2.52. The van der Waals surface area contributed by atoms with E-state index in [-0.39, 0.29) is 24.9 Å². The molecule has 106 valence electrons. The van der Waals surface area contributed by atoms with E-state index in [2.05, 4.69) is 5.16 Å². The summed E-state index contributed by atoms with van der Waals surface area (Å²) in [4.78, 5) is 25.4. The predicted molar refractivity (Wildman–Crippen MR) is 65.2 cm³/mol. The van der Waals surface area contributed by atoms with Gasteiger partial charge in [0.05, 0.1) is 13.2 Å². The van der Waals surface area contributed by atoms with Gasteiger partial charge in [0.1, 0.15) is 11.5 Å². The molecule has 1 aliphatic carbocycles. The molecule has 8 nitrogen and oxygen atoms in total. The number of hydrogen-bond acceptors (Lipinski definition) is 5. The number of nitrogens with zero attached hydrogens (tertiary/aromatic N) is 2. The van der Waals surface area contributed by atoms with Crippen LogP contribution in [0.25, 0.3) is 0 Å². The van der Waals surface area contributed by atoms with E-state index in [0.717, 1.165) is 6.42 Å². The third kappa shape index (κ3) is 2.12. The van der Waals surface area contributed by atoms with Crippen LogP contribution in [0.1, 0.15) is 19.3 Å². The third-order valence-electron chi connectivity index (χ3n) is 3.93. The van der Waals surface area contributed by atoms with Crippen molar-refractivity contribution in [2.45, 2.75) is 25.3 Å². The Bertz CT molecular complexity index is 419. The van der Waals surface area contributed by atoms with Gasteiger partial charge in [-0.05, 0) is 12.8 Å². The molecule has 19 heavy (non-hydrogen) atoms. The third-order valence-corrected chi connectivity index (χ3v) is 3.93. The molecule has 1 unspecified atom stereocenters. The molecular formula is C11H18N4O4. The zero-order valence-corrected chi connectivity index (χ0v) is 10.5. The van der Waals surface area contributed by atoms with Crippen LogP contribution in [0.4, 0.5) is 0 Å². The molecule has 1 aliphatic heterocycles. The van der Waals surface area contributed by atoms with E-state index in [4.69, 9.17) is 21.4 Å². The molecule has 0 aromatic carbocycles. The summed E-state index contributed by atoms with van der Waals surface area (Å²) in [7, 11) is 0. The lowest BCUT2D eigenvalue weighted by molar-refractivity contribution is -0.155. The summed E-state index contributed by atoms with van der Waals surface area (Å²) in [6.07, 6.45) is 1.86.